The predicted octanol–water partition coefficient (Wildman–Crippen LogP) is 0.844. The van der Waals surface area contributed by atoms with Crippen LogP contribution < -0.4 is 5.32 Å². The zero-order chi connectivity index (χ0) is 15.6. The van der Waals surface area contributed by atoms with Crippen molar-refractivity contribution >= 4 is 16.0 Å². The minimum absolute atomic E-state index is 0.00171. The predicted molar refractivity (Wildman–Crippen MR) is 78.6 cm³/mol. The molecular formula is C14H20N2O4S. The topological polar surface area (TPSA) is 75.7 Å². The number of hydrogen-bond donors (Lipinski definition) is 1. The van der Waals surface area contributed by atoms with Crippen LogP contribution >= 0.6 is 0 Å². The number of rotatable bonds is 3. The SMILES string of the molecule is COC(=O)c1ccccc1S(=O)(=O)N1CC(C)NC(C)C1. The van der Waals surface area contributed by atoms with Gasteiger partial charge in [-0.3, -0.25) is 0 Å². The molecular weight excluding hydrogens is 292 g/mol. The molecule has 0 aromatic heterocycles. The Kier molecular flexibility index (Phi) is 4.65. The third-order valence-electron chi connectivity index (χ3n) is 3.43. The molecule has 2 rings (SSSR count). The summed E-state index contributed by atoms with van der Waals surface area (Å²) >= 11 is 0. The summed E-state index contributed by atoms with van der Waals surface area (Å²) in [5.74, 6) is -0.648. The summed E-state index contributed by atoms with van der Waals surface area (Å²) in [6.07, 6.45) is 0. The summed E-state index contributed by atoms with van der Waals surface area (Å²) in [6, 6.07) is 6.26. The van der Waals surface area contributed by atoms with Gasteiger partial charge in [0.2, 0.25) is 10.0 Å². The van der Waals surface area contributed by atoms with Gasteiger partial charge >= 0.3 is 5.97 Å². The summed E-state index contributed by atoms with van der Waals surface area (Å²) in [6.45, 7) is 4.62. The van der Waals surface area contributed by atoms with E-state index in [-0.39, 0.29) is 22.5 Å². The molecule has 1 fully saturated rings. The summed E-state index contributed by atoms with van der Waals surface area (Å²) in [4.78, 5) is 11.8. The highest BCUT2D eigenvalue weighted by Gasteiger charge is 2.33. The Morgan fingerprint density at radius 3 is 2.38 bits per heavy atom. The highest BCUT2D eigenvalue weighted by atomic mass is 32.2. The molecule has 6 nitrogen and oxygen atoms in total. The van der Waals surface area contributed by atoms with Gasteiger partial charge in [-0.25, -0.2) is 13.2 Å². The molecule has 1 aliphatic heterocycles. The van der Waals surface area contributed by atoms with Crippen molar-refractivity contribution in [2.45, 2.75) is 30.8 Å². The average molecular weight is 312 g/mol. The smallest absolute Gasteiger partial charge is 0.339 e. The van der Waals surface area contributed by atoms with Gasteiger partial charge < -0.3 is 10.1 Å². The zero-order valence-corrected chi connectivity index (χ0v) is 13.2. The maximum Gasteiger partial charge on any atom is 0.339 e. The lowest BCUT2D eigenvalue weighted by Gasteiger charge is -2.35. The second kappa shape index (κ2) is 6.13. The average Bonchev–Trinajstić information content (AvgIpc) is 2.45. The molecule has 1 saturated heterocycles. The molecule has 0 radical (unpaired) electrons. The minimum Gasteiger partial charge on any atom is -0.465 e. The molecule has 2 atom stereocenters. The van der Waals surface area contributed by atoms with Gasteiger partial charge in [0, 0.05) is 25.2 Å². The van der Waals surface area contributed by atoms with Crippen LogP contribution in [0.1, 0.15) is 24.2 Å². The molecule has 0 spiro atoms. The largest absolute Gasteiger partial charge is 0.465 e. The Morgan fingerprint density at radius 1 is 1.24 bits per heavy atom. The van der Waals surface area contributed by atoms with E-state index in [1.54, 1.807) is 12.1 Å². The number of benzene rings is 1. The van der Waals surface area contributed by atoms with Crippen LogP contribution in [0.15, 0.2) is 29.2 Å². The molecule has 21 heavy (non-hydrogen) atoms. The minimum atomic E-state index is -3.72. The molecule has 0 amide bonds. The van der Waals surface area contributed by atoms with Crippen LogP contribution in [0.4, 0.5) is 0 Å². The van der Waals surface area contributed by atoms with Crippen molar-refractivity contribution in [1.82, 2.24) is 9.62 Å². The number of nitrogens with zero attached hydrogens (tertiary/aromatic N) is 1. The fourth-order valence-corrected chi connectivity index (χ4v) is 4.38. The number of methoxy groups -OCH3 is 1. The third kappa shape index (κ3) is 3.25. The van der Waals surface area contributed by atoms with Gasteiger partial charge in [0.25, 0.3) is 0 Å². The number of esters is 1. The van der Waals surface area contributed by atoms with Crippen molar-refractivity contribution in [2.75, 3.05) is 20.2 Å². The molecule has 1 aliphatic rings. The van der Waals surface area contributed by atoms with Crippen molar-refractivity contribution in [3.63, 3.8) is 0 Å². The molecule has 2 unspecified atom stereocenters. The Labute approximate surface area is 125 Å². The van der Waals surface area contributed by atoms with Gasteiger partial charge in [-0.1, -0.05) is 12.1 Å². The van der Waals surface area contributed by atoms with E-state index in [2.05, 4.69) is 10.1 Å². The van der Waals surface area contributed by atoms with Crippen LogP contribution in [0, 0.1) is 0 Å². The molecule has 1 heterocycles. The van der Waals surface area contributed by atoms with Crippen molar-refractivity contribution in [3.05, 3.63) is 29.8 Å². The molecule has 0 aliphatic carbocycles. The summed E-state index contributed by atoms with van der Waals surface area (Å²) in [7, 11) is -2.48. The lowest BCUT2D eigenvalue weighted by Crippen LogP contribution is -2.55. The van der Waals surface area contributed by atoms with E-state index in [0.717, 1.165) is 0 Å². The first-order valence-corrected chi connectivity index (χ1v) is 8.23. The van der Waals surface area contributed by atoms with Gasteiger partial charge in [-0.15, -0.1) is 0 Å². The number of ether oxygens (including phenoxy) is 1. The van der Waals surface area contributed by atoms with E-state index in [9.17, 15) is 13.2 Å². The summed E-state index contributed by atoms with van der Waals surface area (Å²) in [5, 5.41) is 3.28. The highest BCUT2D eigenvalue weighted by molar-refractivity contribution is 7.89. The van der Waals surface area contributed by atoms with Crippen LogP contribution in [0.2, 0.25) is 0 Å². The maximum absolute atomic E-state index is 12.8. The Morgan fingerprint density at radius 2 is 1.81 bits per heavy atom. The number of carbonyl (C=O) groups is 1. The molecule has 116 valence electrons. The molecule has 7 heteroatoms. The van der Waals surface area contributed by atoms with Crippen LogP contribution in [-0.4, -0.2) is 51.0 Å². The van der Waals surface area contributed by atoms with Gasteiger partial charge in [-0.2, -0.15) is 4.31 Å². The van der Waals surface area contributed by atoms with Crippen LogP contribution in [0.3, 0.4) is 0 Å². The first-order valence-electron chi connectivity index (χ1n) is 6.79. The van der Waals surface area contributed by atoms with E-state index in [1.807, 2.05) is 13.8 Å². The van der Waals surface area contributed by atoms with Crippen molar-refractivity contribution in [2.24, 2.45) is 0 Å². The highest BCUT2D eigenvalue weighted by Crippen LogP contribution is 2.22. The zero-order valence-electron chi connectivity index (χ0n) is 12.4. The van der Waals surface area contributed by atoms with E-state index < -0.39 is 16.0 Å². The van der Waals surface area contributed by atoms with Crippen molar-refractivity contribution in [3.8, 4) is 0 Å². The Bertz CT molecular complexity index is 620. The van der Waals surface area contributed by atoms with E-state index in [4.69, 9.17) is 0 Å². The monoisotopic (exact) mass is 312 g/mol. The Balaban J connectivity index is 2.42. The van der Waals surface area contributed by atoms with Gasteiger partial charge in [0.15, 0.2) is 0 Å². The fourth-order valence-electron chi connectivity index (χ4n) is 2.58. The molecule has 1 N–H and O–H groups in total. The maximum atomic E-state index is 12.8. The van der Waals surface area contributed by atoms with Crippen molar-refractivity contribution in [1.29, 1.82) is 0 Å². The number of sulfonamides is 1. The van der Waals surface area contributed by atoms with Crippen LogP contribution in [-0.2, 0) is 14.8 Å². The van der Waals surface area contributed by atoms with Crippen molar-refractivity contribution < 1.29 is 17.9 Å². The van der Waals surface area contributed by atoms with Crippen LogP contribution in [0.25, 0.3) is 0 Å². The first-order chi connectivity index (χ1) is 9.86. The molecule has 0 bridgehead atoms. The number of carbonyl (C=O) groups excluding carboxylic acids is 1. The van der Waals surface area contributed by atoms with E-state index in [1.165, 1.54) is 23.5 Å². The number of hydrogen-bond acceptors (Lipinski definition) is 5. The fraction of sp³-hybridized carbons (Fsp3) is 0.500. The summed E-state index contributed by atoms with van der Waals surface area (Å²) in [5.41, 5.74) is 0.0684. The van der Waals surface area contributed by atoms with Gasteiger partial charge in [0.05, 0.1) is 17.6 Å². The Hall–Kier alpha value is -1.44. The molecule has 0 saturated carbocycles. The van der Waals surface area contributed by atoms with Gasteiger partial charge in [0.1, 0.15) is 0 Å². The normalized spacial score (nSPS) is 23.8. The quantitative estimate of drug-likeness (QED) is 0.837. The third-order valence-corrected chi connectivity index (χ3v) is 5.32. The standard InChI is InChI=1S/C14H20N2O4S/c1-10-8-16(9-11(2)15-10)21(18,19)13-7-5-4-6-12(13)14(17)20-3/h4-7,10-11,15H,8-9H2,1-3H3. The first kappa shape index (κ1) is 15.9. The molecule has 1 aromatic carbocycles. The number of piperazine rings is 1. The molecule has 1 aromatic rings. The second-order valence-electron chi connectivity index (χ2n) is 5.28. The summed E-state index contributed by atoms with van der Waals surface area (Å²) < 4.78 is 31.7. The second-order valence-corrected chi connectivity index (χ2v) is 7.18. The van der Waals surface area contributed by atoms with Crippen LogP contribution in [0.5, 0.6) is 0 Å². The number of nitrogens with one attached hydrogen (secondary N) is 1. The van der Waals surface area contributed by atoms with E-state index in [0.29, 0.717) is 13.1 Å². The van der Waals surface area contributed by atoms with Gasteiger partial charge in [-0.05, 0) is 26.0 Å². The van der Waals surface area contributed by atoms with E-state index >= 15 is 0 Å². The lowest BCUT2D eigenvalue weighted by atomic mass is 10.2. The lowest BCUT2D eigenvalue weighted by molar-refractivity contribution is 0.0596.